The molecule has 1 saturated heterocycles. The van der Waals surface area contributed by atoms with Crippen LogP contribution in [0.25, 0.3) is 5.65 Å². The average molecular weight is 276 g/mol. The van der Waals surface area contributed by atoms with Gasteiger partial charge in [0.1, 0.15) is 0 Å². The normalized spacial score (nSPS) is 19.5. The number of hydrogen-bond donors (Lipinski definition) is 2. The molecular weight excluding hydrogens is 256 g/mol. The minimum atomic E-state index is 0.264. The maximum Gasteiger partial charge on any atom is 0.180 e. The van der Waals surface area contributed by atoms with Gasteiger partial charge in [-0.3, -0.25) is 0 Å². The predicted molar refractivity (Wildman–Crippen MR) is 77.7 cm³/mol. The largest absolute Gasteiger partial charge is 0.377 e. The summed E-state index contributed by atoms with van der Waals surface area (Å²) < 4.78 is 7.68. The van der Waals surface area contributed by atoms with Gasteiger partial charge in [0.05, 0.1) is 12.3 Å². The van der Waals surface area contributed by atoms with Gasteiger partial charge >= 0.3 is 0 Å². The molecule has 3 rings (SSSR count). The highest BCUT2D eigenvalue weighted by molar-refractivity contribution is 5.67. The van der Waals surface area contributed by atoms with E-state index in [1.54, 1.807) is 6.20 Å². The number of hydrogen-bond acceptors (Lipinski definition) is 6. The summed E-state index contributed by atoms with van der Waals surface area (Å²) in [7, 11) is 0. The summed E-state index contributed by atoms with van der Waals surface area (Å²) >= 11 is 0. The zero-order valence-electron chi connectivity index (χ0n) is 11.6. The topological polar surface area (TPSA) is 80.7 Å². The maximum atomic E-state index is 5.75. The molecule has 20 heavy (non-hydrogen) atoms. The molecule has 7 nitrogen and oxygen atoms in total. The summed E-state index contributed by atoms with van der Waals surface area (Å²) in [4.78, 5) is 11.2. The quantitative estimate of drug-likeness (QED) is 0.641. The zero-order chi connectivity index (χ0) is 13.9. The second kappa shape index (κ2) is 5.64. The predicted octanol–water partition coefficient (Wildman–Crippen LogP) is 1.02. The van der Waals surface area contributed by atoms with Crippen LogP contribution in [0.15, 0.2) is 18.6 Å². The Morgan fingerprint density at radius 1 is 1.55 bits per heavy atom. The van der Waals surface area contributed by atoms with Crippen LogP contribution >= 0.6 is 0 Å². The number of nitrogens with zero attached hydrogens (tertiary/aromatic N) is 4. The van der Waals surface area contributed by atoms with Gasteiger partial charge in [-0.05, 0) is 19.8 Å². The fourth-order valence-corrected chi connectivity index (χ4v) is 2.70. The van der Waals surface area contributed by atoms with Crippen LogP contribution in [0.3, 0.4) is 0 Å². The van der Waals surface area contributed by atoms with Gasteiger partial charge in [-0.15, -0.1) is 0 Å². The molecule has 1 unspecified atom stereocenters. The van der Waals surface area contributed by atoms with Crippen LogP contribution in [-0.4, -0.2) is 40.2 Å². The van der Waals surface area contributed by atoms with Crippen LogP contribution in [0.1, 0.15) is 19.8 Å². The van der Waals surface area contributed by atoms with Crippen molar-refractivity contribution < 1.29 is 4.74 Å². The van der Waals surface area contributed by atoms with Gasteiger partial charge in [0, 0.05) is 32.1 Å². The van der Waals surface area contributed by atoms with Gasteiger partial charge in [-0.25, -0.2) is 15.8 Å². The van der Waals surface area contributed by atoms with E-state index >= 15 is 0 Å². The highest BCUT2D eigenvalue weighted by Gasteiger charge is 2.23. The number of nitrogens with two attached hydrogens (primary N) is 1. The Bertz CT molecular complexity index is 581. The summed E-state index contributed by atoms with van der Waals surface area (Å²) in [6.45, 7) is 4.59. The Labute approximate surface area is 117 Å². The van der Waals surface area contributed by atoms with Crippen molar-refractivity contribution in [2.24, 2.45) is 5.84 Å². The lowest BCUT2D eigenvalue weighted by molar-refractivity contribution is 0.0525. The van der Waals surface area contributed by atoms with Gasteiger partial charge in [0.15, 0.2) is 17.3 Å². The first-order chi connectivity index (χ1) is 9.81. The Kier molecular flexibility index (Phi) is 3.70. The molecule has 3 heterocycles. The van der Waals surface area contributed by atoms with E-state index in [0.717, 1.165) is 44.0 Å². The summed E-state index contributed by atoms with van der Waals surface area (Å²) in [5.74, 6) is 6.98. The average Bonchev–Trinajstić information content (AvgIpc) is 2.95. The molecule has 0 saturated carbocycles. The van der Waals surface area contributed by atoms with E-state index < -0.39 is 0 Å². The first-order valence-electron chi connectivity index (χ1n) is 6.98. The fourth-order valence-electron chi connectivity index (χ4n) is 2.70. The second-order valence-electron chi connectivity index (χ2n) is 4.92. The Morgan fingerprint density at radius 2 is 2.45 bits per heavy atom. The van der Waals surface area contributed by atoms with E-state index in [-0.39, 0.29) is 6.10 Å². The van der Waals surface area contributed by atoms with Gasteiger partial charge < -0.3 is 19.5 Å². The Balaban J connectivity index is 1.93. The third kappa shape index (κ3) is 2.41. The molecule has 1 fully saturated rings. The van der Waals surface area contributed by atoms with Gasteiger partial charge in [-0.2, -0.15) is 0 Å². The van der Waals surface area contributed by atoms with E-state index in [1.165, 1.54) is 0 Å². The molecule has 2 aromatic rings. The summed E-state index contributed by atoms with van der Waals surface area (Å²) in [5, 5.41) is 0. The van der Waals surface area contributed by atoms with E-state index in [2.05, 4.69) is 20.3 Å². The van der Waals surface area contributed by atoms with Crippen molar-refractivity contribution in [1.82, 2.24) is 14.4 Å². The number of aromatic nitrogens is 3. The Morgan fingerprint density at radius 3 is 3.25 bits per heavy atom. The summed E-state index contributed by atoms with van der Waals surface area (Å²) in [6, 6.07) is 0. The van der Waals surface area contributed by atoms with Crippen molar-refractivity contribution in [3.8, 4) is 0 Å². The molecule has 1 aliphatic heterocycles. The molecule has 0 amide bonds. The molecule has 1 atom stereocenters. The number of anilines is 2. The summed E-state index contributed by atoms with van der Waals surface area (Å²) in [5.41, 5.74) is 3.46. The number of piperidine rings is 1. The smallest absolute Gasteiger partial charge is 0.180 e. The third-order valence-corrected chi connectivity index (χ3v) is 3.58. The monoisotopic (exact) mass is 276 g/mol. The van der Waals surface area contributed by atoms with Crippen LogP contribution in [0.4, 0.5) is 11.6 Å². The number of rotatable bonds is 4. The van der Waals surface area contributed by atoms with Gasteiger partial charge in [0.2, 0.25) is 0 Å². The SMILES string of the molecule is CCOC1CCCN(c2nc(NN)cn3ccnc23)C1. The molecule has 2 aromatic heterocycles. The van der Waals surface area contributed by atoms with Crippen LogP contribution in [-0.2, 0) is 4.74 Å². The maximum absolute atomic E-state index is 5.75. The van der Waals surface area contributed by atoms with Crippen molar-refractivity contribution in [1.29, 1.82) is 0 Å². The molecule has 0 spiro atoms. The Hall–Kier alpha value is -1.86. The molecule has 0 bridgehead atoms. The first kappa shape index (κ1) is 13.1. The van der Waals surface area contributed by atoms with E-state index in [4.69, 9.17) is 10.6 Å². The van der Waals surface area contributed by atoms with Crippen molar-refractivity contribution in [2.75, 3.05) is 30.0 Å². The highest BCUT2D eigenvalue weighted by atomic mass is 16.5. The number of fused-ring (bicyclic) bond motifs is 1. The fraction of sp³-hybridized carbons (Fsp3) is 0.538. The van der Waals surface area contributed by atoms with Crippen LogP contribution in [0.2, 0.25) is 0 Å². The highest BCUT2D eigenvalue weighted by Crippen LogP contribution is 2.24. The number of hydrazine groups is 1. The number of imidazole rings is 1. The van der Waals surface area contributed by atoms with Gasteiger partial charge in [0.25, 0.3) is 0 Å². The standard InChI is InChI=1S/C13H20N6O/c1-2-20-10-4-3-6-18(8-10)13-12-15-5-7-19(12)9-11(16-13)17-14/h5,7,9-10,17H,2-4,6,8,14H2,1H3. The van der Waals surface area contributed by atoms with Crippen molar-refractivity contribution >= 4 is 17.3 Å². The lowest BCUT2D eigenvalue weighted by Gasteiger charge is -2.33. The zero-order valence-corrected chi connectivity index (χ0v) is 11.6. The molecule has 0 aromatic carbocycles. The third-order valence-electron chi connectivity index (χ3n) is 3.58. The molecule has 0 aliphatic carbocycles. The van der Waals surface area contributed by atoms with Crippen molar-refractivity contribution in [3.63, 3.8) is 0 Å². The molecule has 7 heteroatoms. The number of nitrogen functional groups attached to an aromatic ring is 1. The molecule has 0 radical (unpaired) electrons. The molecular formula is C13H20N6O. The number of nitrogens with one attached hydrogen (secondary N) is 1. The first-order valence-corrected chi connectivity index (χ1v) is 6.98. The van der Waals surface area contributed by atoms with E-state index in [9.17, 15) is 0 Å². The van der Waals surface area contributed by atoms with Crippen molar-refractivity contribution in [3.05, 3.63) is 18.6 Å². The molecule has 3 N–H and O–H groups in total. The van der Waals surface area contributed by atoms with Gasteiger partial charge in [-0.1, -0.05) is 0 Å². The van der Waals surface area contributed by atoms with Crippen LogP contribution < -0.4 is 16.2 Å². The summed E-state index contributed by atoms with van der Waals surface area (Å²) in [6.07, 6.45) is 7.95. The minimum Gasteiger partial charge on any atom is -0.377 e. The van der Waals surface area contributed by atoms with Crippen LogP contribution in [0.5, 0.6) is 0 Å². The number of ether oxygens (including phenoxy) is 1. The molecule has 1 aliphatic rings. The minimum absolute atomic E-state index is 0.264. The molecule has 108 valence electrons. The second-order valence-corrected chi connectivity index (χ2v) is 4.92. The lowest BCUT2D eigenvalue weighted by atomic mass is 10.1. The van der Waals surface area contributed by atoms with Crippen molar-refractivity contribution in [2.45, 2.75) is 25.9 Å². The van der Waals surface area contributed by atoms with Crippen LogP contribution in [0, 0.1) is 0 Å². The lowest BCUT2D eigenvalue weighted by Crippen LogP contribution is -2.40. The van der Waals surface area contributed by atoms with E-state index in [0.29, 0.717) is 5.82 Å². The van der Waals surface area contributed by atoms with E-state index in [1.807, 2.05) is 23.7 Å².